The van der Waals surface area contributed by atoms with E-state index in [0.29, 0.717) is 18.8 Å². The zero-order valence-corrected chi connectivity index (χ0v) is 11.8. The molecule has 1 aromatic rings. The standard InChI is InChI=1S/C13H17N3O3S/c17-13-9-16(8-7-14-13)12-4-2-1-3-11(12)15-20(18,19)10-5-6-10/h1-4,10,15H,5-9H2,(H,14,17). The van der Waals surface area contributed by atoms with Crippen molar-refractivity contribution >= 4 is 27.3 Å². The first-order valence-corrected chi connectivity index (χ1v) is 8.23. The van der Waals surface area contributed by atoms with Crippen LogP contribution in [0.2, 0.25) is 0 Å². The molecule has 108 valence electrons. The van der Waals surface area contributed by atoms with Gasteiger partial charge in [-0.05, 0) is 25.0 Å². The molecule has 0 atom stereocenters. The van der Waals surface area contributed by atoms with Gasteiger partial charge in [-0.3, -0.25) is 9.52 Å². The van der Waals surface area contributed by atoms with Crippen molar-refractivity contribution in [1.82, 2.24) is 5.32 Å². The van der Waals surface area contributed by atoms with Crippen molar-refractivity contribution in [2.75, 3.05) is 29.3 Å². The average molecular weight is 295 g/mol. The molecule has 0 radical (unpaired) electrons. The van der Waals surface area contributed by atoms with Gasteiger partial charge in [0.1, 0.15) is 0 Å². The van der Waals surface area contributed by atoms with Crippen LogP contribution in [-0.2, 0) is 14.8 Å². The Morgan fingerprint density at radius 3 is 2.70 bits per heavy atom. The third-order valence-electron chi connectivity index (χ3n) is 3.50. The Kier molecular flexibility index (Phi) is 3.29. The number of carbonyl (C=O) groups excluding carboxylic acids is 1. The van der Waals surface area contributed by atoms with E-state index in [1.54, 1.807) is 12.1 Å². The van der Waals surface area contributed by atoms with Crippen molar-refractivity contribution in [2.45, 2.75) is 18.1 Å². The van der Waals surface area contributed by atoms with E-state index in [1.807, 2.05) is 17.0 Å². The van der Waals surface area contributed by atoms with Gasteiger partial charge >= 0.3 is 0 Å². The van der Waals surface area contributed by atoms with Crippen LogP contribution in [0, 0.1) is 0 Å². The lowest BCUT2D eigenvalue weighted by Gasteiger charge is -2.30. The van der Waals surface area contributed by atoms with Crippen LogP contribution in [-0.4, -0.2) is 39.2 Å². The summed E-state index contributed by atoms with van der Waals surface area (Å²) in [6.45, 7) is 1.50. The number of nitrogens with one attached hydrogen (secondary N) is 2. The number of carbonyl (C=O) groups is 1. The minimum atomic E-state index is -3.29. The average Bonchev–Trinajstić information content (AvgIpc) is 3.23. The maximum Gasteiger partial charge on any atom is 0.239 e. The molecule has 0 spiro atoms. The van der Waals surface area contributed by atoms with E-state index in [0.717, 1.165) is 18.5 Å². The molecule has 1 aliphatic heterocycles. The number of sulfonamides is 1. The number of amides is 1. The molecule has 0 aromatic heterocycles. The van der Waals surface area contributed by atoms with E-state index >= 15 is 0 Å². The molecule has 0 bridgehead atoms. The van der Waals surface area contributed by atoms with Crippen LogP contribution in [0.3, 0.4) is 0 Å². The zero-order valence-electron chi connectivity index (χ0n) is 11.0. The van der Waals surface area contributed by atoms with E-state index in [1.165, 1.54) is 0 Å². The highest BCUT2D eigenvalue weighted by Gasteiger charge is 2.36. The predicted molar refractivity (Wildman–Crippen MR) is 77.2 cm³/mol. The monoisotopic (exact) mass is 295 g/mol. The number of para-hydroxylation sites is 2. The maximum atomic E-state index is 12.1. The van der Waals surface area contributed by atoms with E-state index in [2.05, 4.69) is 10.0 Å². The minimum absolute atomic E-state index is 0.0453. The summed E-state index contributed by atoms with van der Waals surface area (Å²) in [6.07, 6.45) is 1.45. The lowest BCUT2D eigenvalue weighted by atomic mass is 10.2. The summed E-state index contributed by atoms with van der Waals surface area (Å²) in [7, 11) is -3.29. The smallest absolute Gasteiger partial charge is 0.239 e. The first-order chi connectivity index (χ1) is 9.56. The molecule has 20 heavy (non-hydrogen) atoms. The van der Waals surface area contributed by atoms with Gasteiger partial charge < -0.3 is 10.2 Å². The summed E-state index contributed by atoms with van der Waals surface area (Å²) in [4.78, 5) is 13.4. The Labute approximate surface area is 118 Å². The Morgan fingerprint density at radius 2 is 2.00 bits per heavy atom. The van der Waals surface area contributed by atoms with Gasteiger partial charge in [-0.15, -0.1) is 0 Å². The summed E-state index contributed by atoms with van der Waals surface area (Å²) in [5, 5.41) is 2.49. The molecule has 1 saturated carbocycles. The molecular formula is C13H17N3O3S. The molecule has 2 fully saturated rings. The normalized spacial score (nSPS) is 19.6. The Balaban J connectivity index is 1.86. The topological polar surface area (TPSA) is 78.5 Å². The molecule has 2 aliphatic rings. The van der Waals surface area contributed by atoms with Gasteiger partial charge in [0.25, 0.3) is 0 Å². The number of hydrogen-bond acceptors (Lipinski definition) is 4. The third kappa shape index (κ3) is 2.72. The third-order valence-corrected chi connectivity index (χ3v) is 5.35. The molecule has 1 amide bonds. The molecule has 0 unspecified atom stereocenters. The molecular weight excluding hydrogens is 278 g/mol. The summed E-state index contributed by atoms with van der Waals surface area (Å²) in [5.74, 6) is -0.0453. The molecule has 1 aliphatic carbocycles. The molecule has 1 aromatic carbocycles. The van der Waals surface area contributed by atoms with Gasteiger partial charge in [0, 0.05) is 13.1 Å². The largest absolute Gasteiger partial charge is 0.359 e. The highest BCUT2D eigenvalue weighted by Crippen LogP contribution is 2.33. The number of nitrogens with zero attached hydrogens (tertiary/aromatic N) is 1. The number of anilines is 2. The highest BCUT2D eigenvalue weighted by molar-refractivity contribution is 7.93. The molecule has 6 nitrogen and oxygen atoms in total. The number of hydrogen-bond donors (Lipinski definition) is 2. The lowest BCUT2D eigenvalue weighted by molar-refractivity contribution is -0.120. The van der Waals surface area contributed by atoms with Gasteiger partial charge in [0.05, 0.1) is 23.2 Å². The van der Waals surface area contributed by atoms with Crippen LogP contribution >= 0.6 is 0 Å². The molecule has 2 N–H and O–H groups in total. The number of benzene rings is 1. The van der Waals surface area contributed by atoms with Crippen molar-refractivity contribution < 1.29 is 13.2 Å². The Hall–Kier alpha value is -1.76. The van der Waals surface area contributed by atoms with Crippen molar-refractivity contribution in [3.05, 3.63) is 24.3 Å². The fourth-order valence-corrected chi connectivity index (χ4v) is 3.70. The highest BCUT2D eigenvalue weighted by atomic mass is 32.2. The van der Waals surface area contributed by atoms with E-state index in [4.69, 9.17) is 0 Å². The van der Waals surface area contributed by atoms with Gasteiger partial charge in [0.15, 0.2) is 0 Å². The van der Waals surface area contributed by atoms with Gasteiger partial charge in [-0.25, -0.2) is 8.42 Å². The van der Waals surface area contributed by atoms with Crippen molar-refractivity contribution in [2.24, 2.45) is 0 Å². The summed E-state index contributed by atoms with van der Waals surface area (Å²) < 4.78 is 26.8. The van der Waals surface area contributed by atoms with E-state index in [9.17, 15) is 13.2 Å². The number of rotatable bonds is 4. The van der Waals surface area contributed by atoms with Crippen LogP contribution < -0.4 is 14.9 Å². The summed E-state index contributed by atoms with van der Waals surface area (Å²) >= 11 is 0. The number of piperazine rings is 1. The van der Waals surface area contributed by atoms with Crippen LogP contribution in [0.4, 0.5) is 11.4 Å². The Morgan fingerprint density at radius 1 is 1.25 bits per heavy atom. The SMILES string of the molecule is O=C1CN(c2ccccc2NS(=O)(=O)C2CC2)CCN1. The quantitative estimate of drug-likeness (QED) is 0.849. The first-order valence-electron chi connectivity index (χ1n) is 6.68. The van der Waals surface area contributed by atoms with Crippen LogP contribution in [0.1, 0.15) is 12.8 Å². The van der Waals surface area contributed by atoms with Gasteiger partial charge in [-0.1, -0.05) is 12.1 Å². The van der Waals surface area contributed by atoms with Crippen LogP contribution in [0.15, 0.2) is 24.3 Å². The summed E-state index contributed by atoms with van der Waals surface area (Å²) in [6, 6.07) is 7.21. The second kappa shape index (κ2) is 4.97. The zero-order chi connectivity index (χ0) is 14.2. The van der Waals surface area contributed by atoms with E-state index in [-0.39, 0.29) is 17.7 Å². The van der Waals surface area contributed by atoms with Crippen LogP contribution in [0.25, 0.3) is 0 Å². The van der Waals surface area contributed by atoms with Gasteiger partial charge in [0.2, 0.25) is 15.9 Å². The predicted octanol–water partition coefficient (Wildman–Crippen LogP) is 0.527. The van der Waals surface area contributed by atoms with Crippen molar-refractivity contribution in [3.8, 4) is 0 Å². The van der Waals surface area contributed by atoms with Crippen molar-refractivity contribution in [3.63, 3.8) is 0 Å². The molecule has 1 saturated heterocycles. The Bertz CT molecular complexity index is 626. The van der Waals surface area contributed by atoms with Gasteiger partial charge in [-0.2, -0.15) is 0 Å². The fraction of sp³-hybridized carbons (Fsp3) is 0.462. The molecule has 7 heteroatoms. The second-order valence-corrected chi connectivity index (χ2v) is 7.10. The minimum Gasteiger partial charge on any atom is -0.359 e. The lowest BCUT2D eigenvalue weighted by Crippen LogP contribution is -2.47. The van der Waals surface area contributed by atoms with E-state index < -0.39 is 10.0 Å². The first kappa shape index (κ1) is 13.2. The molecule has 3 rings (SSSR count). The van der Waals surface area contributed by atoms with Crippen molar-refractivity contribution in [1.29, 1.82) is 0 Å². The molecule has 1 heterocycles. The maximum absolute atomic E-state index is 12.1. The van der Waals surface area contributed by atoms with Crippen LogP contribution in [0.5, 0.6) is 0 Å². The second-order valence-electron chi connectivity index (χ2n) is 5.14. The fourth-order valence-electron chi connectivity index (χ4n) is 2.29. The summed E-state index contributed by atoms with van der Waals surface area (Å²) in [5.41, 5.74) is 1.31.